The SMILES string of the molecule is C[C@@H]1CCC[NH+](CC(=O)Nc2ccccc2I)C1. The van der Waals surface area contributed by atoms with Crippen LogP contribution in [0.25, 0.3) is 0 Å². The van der Waals surface area contributed by atoms with Gasteiger partial charge in [0.25, 0.3) is 5.91 Å². The third-order valence-electron chi connectivity index (χ3n) is 3.42. The van der Waals surface area contributed by atoms with Crippen LogP contribution in [0, 0.1) is 9.49 Å². The van der Waals surface area contributed by atoms with E-state index in [-0.39, 0.29) is 5.91 Å². The molecule has 1 fully saturated rings. The first-order valence-electron chi connectivity index (χ1n) is 6.53. The maximum absolute atomic E-state index is 12.0. The van der Waals surface area contributed by atoms with E-state index in [1.165, 1.54) is 17.7 Å². The fraction of sp³-hybridized carbons (Fsp3) is 0.500. The first-order valence-corrected chi connectivity index (χ1v) is 7.61. The number of benzene rings is 1. The molecule has 0 aromatic heterocycles. The Morgan fingerprint density at radius 2 is 2.28 bits per heavy atom. The van der Waals surface area contributed by atoms with Gasteiger partial charge in [0.2, 0.25) is 0 Å². The number of anilines is 1. The van der Waals surface area contributed by atoms with Gasteiger partial charge in [-0.05, 0) is 47.6 Å². The minimum Gasteiger partial charge on any atom is -0.327 e. The minimum atomic E-state index is 0.128. The van der Waals surface area contributed by atoms with Crippen LogP contribution < -0.4 is 10.2 Å². The maximum Gasteiger partial charge on any atom is 0.279 e. The molecule has 2 atom stereocenters. The molecule has 2 N–H and O–H groups in total. The molecule has 0 aliphatic carbocycles. The number of hydrogen-bond acceptors (Lipinski definition) is 1. The summed E-state index contributed by atoms with van der Waals surface area (Å²) in [4.78, 5) is 13.4. The molecule has 98 valence electrons. The largest absolute Gasteiger partial charge is 0.327 e. The normalized spacial score (nSPS) is 23.7. The van der Waals surface area contributed by atoms with Crippen LogP contribution in [0.15, 0.2) is 24.3 Å². The van der Waals surface area contributed by atoms with Gasteiger partial charge in [0.15, 0.2) is 6.54 Å². The Balaban J connectivity index is 1.87. The average molecular weight is 359 g/mol. The van der Waals surface area contributed by atoms with Crippen molar-refractivity contribution in [1.29, 1.82) is 0 Å². The highest BCUT2D eigenvalue weighted by Gasteiger charge is 2.22. The lowest BCUT2D eigenvalue weighted by Gasteiger charge is -2.27. The van der Waals surface area contributed by atoms with Crippen molar-refractivity contribution in [1.82, 2.24) is 0 Å². The highest BCUT2D eigenvalue weighted by Crippen LogP contribution is 2.16. The summed E-state index contributed by atoms with van der Waals surface area (Å²) in [5.41, 5.74) is 0.924. The quantitative estimate of drug-likeness (QED) is 0.789. The van der Waals surface area contributed by atoms with Crippen molar-refractivity contribution in [3.63, 3.8) is 0 Å². The molecule has 2 rings (SSSR count). The van der Waals surface area contributed by atoms with E-state index in [1.54, 1.807) is 0 Å². The third kappa shape index (κ3) is 3.95. The number of nitrogens with one attached hydrogen (secondary N) is 2. The van der Waals surface area contributed by atoms with E-state index in [0.717, 1.165) is 28.3 Å². The first kappa shape index (κ1) is 13.8. The van der Waals surface area contributed by atoms with Gasteiger partial charge in [-0.3, -0.25) is 4.79 Å². The second-order valence-corrected chi connectivity index (χ2v) is 6.32. The first-order chi connectivity index (χ1) is 8.65. The van der Waals surface area contributed by atoms with Crippen molar-refractivity contribution >= 4 is 34.2 Å². The summed E-state index contributed by atoms with van der Waals surface area (Å²) in [5.74, 6) is 0.877. The predicted octanol–water partition coefficient (Wildman–Crippen LogP) is 1.54. The van der Waals surface area contributed by atoms with Crippen molar-refractivity contribution in [3.05, 3.63) is 27.8 Å². The number of carbonyl (C=O) groups is 1. The van der Waals surface area contributed by atoms with E-state index in [1.807, 2.05) is 24.3 Å². The van der Waals surface area contributed by atoms with Crippen LogP contribution >= 0.6 is 22.6 Å². The van der Waals surface area contributed by atoms with Crippen LogP contribution in [-0.2, 0) is 4.79 Å². The fourth-order valence-corrected chi connectivity index (χ4v) is 3.06. The molecule has 0 radical (unpaired) electrons. The zero-order valence-electron chi connectivity index (χ0n) is 10.7. The molecule has 3 nitrogen and oxygen atoms in total. The summed E-state index contributed by atoms with van der Waals surface area (Å²) < 4.78 is 1.09. The number of quaternary nitrogens is 1. The summed E-state index contributed by atoms with van der Waals surface area (Å²) in [6.07, 6.45) is 2.55. The van der Waals surface area contributed by atoms with Gasteiger partial charge in [0, 0.05) is 9.49 Å². The van der Waals surface area contributed by atoms with Crippen molar-refractivity contribution in [2.24, 2.45) is 5.92 Å². The molecule has 1 amide bonds. The third-order valence-corrected chi connectivity index (χ3v) is 4.36. The number of para-hydroxylation sites is 1. The Hall–Kier alpha value is -0.620. The molecular formula is C14H20IN2O+. The lowest BCUT2D eigenvalue weighted by atomic mass is 10.0. The Labute approximate surface area is 122 Å². The monoisotopic (exact) mass is 359 g/mol. The minimum absolute atomic E-state index is 0.128. The van der Waals surface area contributed by atoms with Crippen molar-refractivity contribution in [3.8, 4) is 0 Å². The molecule has 0 bridgehead atoms. The van der Waals surface area contributed by atoms with Crippen LogP contribution in [-0.4, -0.2) is 25.5 Å². The van der Waals surface area contributed by atoms with Crippen molar-refractivity contribution in [2.45, 2.75) is 19.8 Å². The van der Waals surface area contributed by atoms with Gasteiger partial charge in [-0.15, -0.1) is 0 Å². The maximum atomic E-state index is 12.0. The van der Waals surface area contributed by atoms with Crippen molar-refractivity contribution < 1.29 is 9.69 Å². The Morgan fingerprint density at radius 3 is 3.00 bits per heavy atom. The van der Waals surface area contributed by atoms with E-state index in [0.29, 0.717) is 6.54 Å². The highest BCUT2D eigenvalue weighted by atomic mass is 127. The summed E-state index contributed by atoms with van der Waals surface area (Å²) in [6.45, 7) is 5.12. The van der Waals surface area contributed by atoms with E-state index in [9.17, 15) is 4.79 Å². The second kappa shape index (κ2) is 6.52. The Kier molecular flexibility index (Phi) is 5.00. The standard InChI is InChI=1S/C14H19IN2O/c1-11-5-4-8-17(9-11)10-14(18)16-13-7-3-2-6-12(13)15/h2-3,6-7,11H,4-5,8-10H2,1H3,(H,16,18)/p+1/t11-/m1/s1. The zero-order chi connectivity index (χ0) is 13.0. The predicted molar refractivity (Wildman–Crippen MR) is 81.8 cm³/mol. The molecule has 1 unspecified atom stereocenters. The number of halogens is 1. The summed E-state index contributed by atoms with van der Waals surface area (Å²) >= 11 is 2.25. The van der Waals surface area contributed by atoms with Gasteiger partial charge in [0.05, 0.1) is 18.8 Å². The number of piperidine rings is 1. The number of likely N-dealkylation sites (tertiary alicyclic amines) is 1. The van der Waals surface area contributed by atoms with Gasteiger partial charge in [-0.25, -0.2) is 0 Å². The van der Waals surface area contributed by atoms with Crippen LogP contribution in [0.4, 0.5) is 5.69 Å². The van der Waals surface area contributed by atoms with Gasteiger partial charge in [-0.1, -0.05) is 19.1 Å². The molecule has 0 saturated carbocycles. The lowest BCUT2D eigenvalue weighted by Crippen LogP contribution is -3.14. The molecule has 0 spiro atoms. The average Bonchev–Trinajstić information content (AvgIpc) is 2.32. The summed E-state index contributed by atoms with van der Waals surface area (Å²) in [6, 6.07) is 7.89. The number of hydrogen-bond donors (Lipinski definition) is 2. The van der Waals surface area contributed by atoms with Gasteiger partial charge in [0.1, 0.15) is 0 Å². The van der Waals surface area contributed by atoms with Gasteiger partial charge >= 0.3 is 0 Å². The molecule has 1 aliphatic heterocycles. The van der Waals surface area contributed by atoms with Crippen LogP contribution in [0.5, 0.6) is 0 Å². The highest BCUT2D eigenvalue weighted by molar-refractivity contribution is 14.1. The Morgan fingerprint density at radius 1 is 1.50 bits per heavy atom. The van der Waals surface area contributed by atoms with E-state index >= 15 is 0 Å². The topological polar surface area (TPSA) is 33.5 Å². The molecule has 1 aliphatic rings. The Bertz CT molecular complexity index is 422. The van der Waals surface area contributed by atoms with Crippen molar-refractivity contribution in [2.75, 3.05) is 25.0 Å². The molecule has 1 aromatic rings. The molecule has 18 heavy (non-hydrogen) atoms. The zero-order valence-corrected chi connectivity index (χ0v) is 12.9. The molecule has 1 saturated heterocycles. The van der Waals surface area contributed by atoms with Crippen LogP contribution in [0.2, 0.25) is 0 Å². The van der Waals surface area contributed by atoms with Crippen LogP contribution in [0.3, 0.4) is 0 Å². The van der Waals surface area contributed by atoms with E-state index < -0.39 is 0 Å². The van der Waals surface area contributed by atoms with E-state index in [2.05, 4.69) is 34.8 Å². The second-order valence-electron chi connectivity index (χ2n) is 5.16. The number of amides is 1. The molecule has 1 heterocycles. The van der Waals surface area contributed by atoms with Gasteiger partial charge in [-0.2, -0.15) is 0 Å². The summed E-state index contributed by atoms with van der Waals surface area (Å²) in [7, 11) is 0. The fourth-order valence-electron chi connectivity index (χ4n) is 2.54. The number of rotatable bonds is 3. The van der Waals surface area contributed by atoms with Crippen LogP contribution in [0.1, 0.15) is 19.8 Å². The lowest BCUT2D eigenvalue weighted by molar-refractivity contribution is -0.900. The summed E-state index contributed by atoms with van der Waals surface area (Å²) in [5, 5.41) is 3.01. The molecular weight excluding hydrogens is 339 g/mol. The molecule has 4 heteroatoms. The van der Waals surface area contributed by atoms with Gasteiger partial charge < -0.3 is 10.2 Å². The number of carbonyl (C=O) groups excluding carboxylic acids is 1. The smallest absolute Gasteiger partial charge is 0.279 e. The van der Waals surface area contributed by atoms with E-state index in [4.69, 9.17) is 0 Å². The molecule has 1 aromatic carbocycles.